The topological polar surface area (TPSA) is 73.0 Å². The molecule has 2 aromatic rings. The molecule has 0 spiro atoms. The number of aryl methyl sites for hydroxylation is 2. The summed E-state index contributed by atoms with van der Waals surface area (Å²) in [5, 5.41) is 13.7. The molecule has 1 N–H and O–H groups in total. The molecule has 0 amide bonds. The van der Waals surface area contributed by atoms with E-state index in [1.807, 2.05) is 17.7 Å². The van der Waals surface area contributed by atoms with Crippen LogP contribution in [0.2, 0.25) is 0 Å². The number of hydrogen-bond donors (Lipinski definition) is 1. The molecule has 20 heavy (non-hydrogen) atoms. The second-order valence-electron chi connectivity index (χ2n) is 4.34. The van der Waals surface area contributed by atoms with E-state index in [2.05, 4.69) is 10.3 Å². The maximum atomic E-state index is 13.4. The largest absolute Gasteiger partial charge is 0.379 e. The summed E-state index contributed by atoms with van der Waals surface area (Å²) in [7, 11) is 0. The van der Waals surface area contributed by atoms with Crippen molar-refractivity contribution in [1.29, 1.82) is 0 Å². The van der Waals surface area contributed by atoms with Crippen molar-refractivity contribution in [3.63, 3.8) is 0 Å². The highest BCUT2D eigenvalue weighted by Gasteiger charge is 2.19. The van der Waals surface area contributed by atoms with E-state index in [4.69, 9.17) is 0 Å². The molecule has 0 radical (unpaired) electrons. The monoisotopic (exact) mass is 278 g/mol. The second kappa shape index (κ2) is 6.14. The van der Waals surface area contributed by atoms with Crippen LogP contribution in [0.5, 0.6) is 0 Å². The van der Waals surface area contributed by atoms with Gasteiger partial charge < -0.3 is 9.88 Å². The third kappa shape index (κ3) is 3.11. The Kier molecular flexibility index (Phi) is 4.29. The van der Waals surface area contributed by atoms with Gasteiger partial charge in [-0.05, 0) is 25.5 Å². The Labute approximate surface area is 115 Å². The molecule has 1 heterocycles. The number of nitro benzene ring substituents is 1. The lowest BCUT2D eigenvalue weighted by molar-refractivity contribution is -0.386. The molecule has 0 fully saturated rings. The van der Waals surface area contributed by atoms with Crippen molar-refractivity contribution >= 4 is 11.4 Å². The summed E-state index contributed by atoms with van der Waals surface area (Å²) in [6, 6.07) is 4.03. The maximum absolute atomic E-state index is 13.4. The highest BCUT2D eigenvalue weighted by Crippen LogP contribution is 2.26. The van der Waals surface area contributed by atoms with Gasteiger partial charge in [0.25, 0.3) is 0 Å². The van der Waals surface area contributed by atoms with E-state index in [-0.39, 0.29) is 5.69 Å². The van der Waals surface area contributed by atoms with Gasteiger partial charge in [-0.1, -0.05) is 6.07 Å². The fourth-order valence-corrected chi connectivity index (χ4v) is 1.96. The maximum Gasteiger partial charge on any atom is 0.327 e. The fraction of sp³-hybridized carbons (Fsp3) is 0.308. The van der Waals surface area contributed by atoms with E-state index in [0.29, 0.717) is 6.54 Å². The summed E-state index contributed by atoms with van der Waals surface area (Å²) >= 11 is 0. The number of nitrogens with one attached hydrogen (secondary N) is 1. The van der Waals surface area contributed by atoms with Crippen LogP contribution >= 0.6 is 0 Å². The number of rotatable bonds is 6. The molecule has 0 bridgehead atoms. The van der Waals surface area contributed by atoms with Crippen LogP contribution in [-0.2, 0) is 6.54 Å². The Morgan fingerprint density at radius 1 is 1.50 bits per heavy atom. The van der Waals surface area contributed by atoms with Gasteiger partial charge in [0.15, 0.2) is 0 Å². The summed E-state index contributed by atoms with van der Waals surface area (Å²) in [5.74, 6) is 0.0900. The van der Waals surface area contributed by atoms with Crippen LogP contribution in [0, 0.1) is 22.9 Å². The van der Waals surface area contributed by atoms with E-state index in [9.17, 15) is 14.5 Å². The van der Waals surface area contributed by atoms with Crippen molar-refractivity contribution in [3.8, 4) is 0 Å². The van der Waals surface area contributed by atoms with Crippen molar-refractivity contribution < 1.29 is 9.31 Å². The smallest absolute Gasteiger partial charge is 0.327 e. The van der Waals surface area contributed by atoms with Crippen molar-refractivity contribution in [2.45, 2.75) is 19.9 Å². The average molecular weight is 278 g/mol. The Bertz CT molecular complexity index is 612. The summed E-state index contributed by atoms with van der Waals surface area (Å²) in [6.07, 6.45) is 4.35. The van der Waals surface area contributed by atoms with Crippen LogP contribution in [0.25, 0.3) is 0 Å². The zero-order valence-electron chi connectivity index (χ0n) is 11.0. The second-order valence-corrected chi connectivity index (χ2v) is 4.34. The average Bonchev–Trinajstić information content (AvgIpc) is 2.80. The lowest BCUT2D eigenvalue weighted by Crippen LogP contribution is -2.09. The first kappa shape index (κ1) is 14.0. The number of nitro groups is 1. The van der Waals surface area contributed by atoms with Gasteiger partial charge >= 0.3 is 5.69 Å². The molecule has 0 saturated heterocycles. The first-order chi connectivity index (χ1) is 9.59. The lowest BCUT2D eigenvalue weighted by Gasteiger charge is -2.08. The number of anilines is 1. The summed E-state index contributed by atoms with van der Waals surface area (Å²) < 4.78 is 15.4. The number of aromatic nitrogens is 2. The molecule has 1 aromatic heterocycles. The lowest BCUT2D eigenvalue weighted by atomic mass is 10.2. The molecule has 6 nitrogen and oxygen atoms in total. The van der Waals surface area contributed by atoms with Crippen molar-refractivity contribution in [2.75, 3.05) is 11.9 Å². The minimum Gasteiger partial charge on any atom is -0.379 e. The quantitative estimate of drug-likeness (QED) is 0.501. The number of hydrogen-bond acceptors (Lipinski definition) is 4. The molecular weight excluding hydrogens is 263 g/mol. The molecule has 0 unspecified atom stereocenters. The fourth-order valence-electron chi connectivity index (χ4n) is 1.96. The van der Waals surface area contributed by atoms with Crippen molar-refractivity contribution in [3.05, 3.63) is 52.3 Å². The van der Waals surface area contributed by atoms with Gasteiger partial charge in [-0.15, -0.1) is 0 Å². The van der Waals surface area contributed by atoms with Crippen molar-refractivity contribution in [1.82, 2.24) is 9.55 Å². The van der Waals surface area contributed by atoms with Crippen LogP contribution in [-0.4, -0.2) is 21.0 Å². The predicted molar refractivity (Wildman–Crippen MR) is 73.1 cm³/mol. The molecule has 106 valence electrons. The van der Waals surface area contributed by atoms with E-state index in [0.717, 1.165) is 24.9 Å². The Morgan fingerprint density at radius 2 is 2.30 bits per heavy atom. The number of para-hydroxylation sites is 1. The molecule has 2 rings (SSSR count). The number of halogens is 1. The van der Waals surface area contributed by atoms with Gasteiger partial charge in [0.05, 0.1) is 4.92 Å². The highest BCUT2D eigenvalue weighted by atomic mass is 19.1. The third-order valence-electron chi connectivity index (χ3n) is 2.98. The molecule has 0 aliphatic carbocycles. The zero-order chi connectivity index (χ0) is 14.5. The van der Waals surface area contributed by atoms with Crippen molar-refractivity contribution in [2.24, 2.45) is 0 Å². The predicted octanol–water partition coefficient (Wildman–Crippen LogP) is 2.74. The summed E-state index contributed by atoms with van der Waals surface area (Å²) in [4.78, 5) is 14.2. The Hall–Kier alpha value is -2.44. The minimum absolute atomic E-state index is 0.206. The normalized spacial score (nSPS) is 10.5. The van der Waals surface area contributed by atoms with Gasteiger partial charge in [-0.25, -0.2) is 4.98 Å². The molecule has 0 saturated carbocycles. The van der Waals surface area contributed by atoms with E-state index < -0.39 is 16.4 Å². The standard InChI is InChI=1S/C13H15FN4O2/c1-10-15-7-9-17(10)8-3-6-16-12-5-2-4-11(14)13(12)18(19)20/h2,4-5,7,9,16H,3,6,8H2,1H3. The first-order valence-corrected chi connectivity index (χ1v) is 6.24. The van der Waals surface area contributed by atoms with Crippen LogP contribution < -0.4 is 5.32 Å². The third-order valence-corrected chi connectivity index (χ3v) is 2.98. The van der Waals surface area contributed by atoms with Crippen LogP contribution in [0.3, 0.4) is 0 Å². The van der Waals surface area contributed by atoms with E-state index >= 15 is 0 Å². The molecular formula is C13H15FN4O2. The van der Waals surface area contributed by atoms with Crippen LogP contribution in [0.1, 0.15) is 12.2 Å². The van der Waals surface area contributed by atoms with Crippen LogP contribution in [0.4, 0.5) is 15.8 Å². The van der Waals surface area contributed by atoms with E-state index in [1.165, 1.54) is 12.1 Å². The Balaban J connectivity index is 1.93. The molecule has 0 aliphatic rings. The minimum atomic E-state index is -0.828. The summed E-state index contributed by atoms with van der Waals surface area (Å²) in [6.45, 7) is 3.18. The van der Waals surface area contributed by atoms with Gasteiger partial charge in [-0.3, -0.25) is 10.1 Å². The van der Waals surface area contributed by atoms with E-state index in [1.54, 1.807) is 6.20 Å². The number of imidazole rings is 1. The van der Waals surface area contributed by atoms with Gasteiger partial charge in [0, 0.05) is 25.5 Å². The first-order valence-electron chi connectivity index (χ1n) is 6.24. The van der Waals surface area contributed by atoms with Gasteiger partial charge in [-0.2, -0.15) is 4.39 Å². The number of nitrogens with zero attached hydrogens (tertiary/aromatic N) is 3. The van der Waals surface area contributed by atoms with Gasteiger partial charge in [0.2, 0.25) is 5.82 Å². The molecule has 0 aliphatic heterocycles. The highest BCUT2D eigenvalue weighted by molar-refractivity contribution is 5.61. The SMILES string of the molecule is Cc1nccn1CCCNc1cccc(F)c1[N+](=O)[O-]. The molecule has 7 heteroatoms. The van der Waals surface area contributed by atoms with Gasteiger partial charge in [0.1, 0.15) is 11.5 Å². The summed E-state index contributed by atoms with van der Waals surface area (Å²) in [5.41, 5.74) is -0.302. The number of benzene rings is 1. The molecule has 0 atom stereocenters. The molecule has 1 aromatic carbocycles. The Morgan fingerprint density at radius 3 is 2.95 bits per heavy atom. The van der Waals surface area contributed by atoms with Crippen LogP contribution in [0.15, 0.2) is 30.6 Å². The zero-order valence-corrected chi connectivity index (χ0v) is 11.0.